The van der Waals surface area contributed by atoms with Crippen molar-refractivity contribution in [3.8, 4) is 5.75 Å². The fourth-order valence-electron chi connectivity index (χ4n) is 2.41. The topological polar surface area (TPSA) is 43.2 Å². The van der Waals surface area contributed by atoms with Gasteiger partial charge in [-0.25, -0.2) is 0 Å². The summed E-state index contributed by atoms with van der Waals surface area (Å²) >= 11 is 1.78. The molecule has 6 heteroatoms. The lowest BCUT2D eigenvalue weighted by Gasteiger charge is -2.15. The molecule has 0 saturated heterocycles. The Morgan fingerprint density at radius 2 is 1.95 bits per heavy atom. The van der Waals surface area contributed by atoms with Crippen LogP contribution in [0.1, 0.15) is 20.3 Å². The van der Waals surface area contributed by atoms with Gasteiger partial charge in [0.25, 0.3) is 0 Å². The van der Waals surface area contributed by atoms with Gasteiger partial charge in [-0.1, -0.05) is 18.7 Å². The van der Waals surface area contributed by atoms with Crippen LogP contribution >= 0.6 is 11.8 Å². The molecule has 1 aromatic carbocycles. The van der Waals surface area contributed by atoms with Crippen molar-refractivity contribution in [2.24, 2.45) is 0 Å². The minimum Gasteiger partial charge on any atom is -0.494 e. The third-order valence-electron chi connectivity index (χ3n) is 3.38. The average Bonchev–Trinajstić information content (AvgIpc) is 3.08. The minimum absolute atomic E-state index is 0.690. The molecule has 0 bridgehead atoms. The van der Waals surface area contributed by atoms with Crippen LogP contribution in [0.25, 0.3) is 0 Å². The molecule has 1 aromatic heterocycles. The normalized spacial score (nSPS) is 13.5. The van der Waals surface area contributed by atoms with E-state index in [0.29, 0.717) is 6.61 Å². The van der Waals surface area contributed by atoms with Crippen molar-refractivity contribution < 1.29 is 4.74 Å². The number of aromatic nitrogens is 3. The van der Waals surface area contributed by atoms with E-state index in [-0.39, 0.29) is 0 Å². The summed E-state index contributed by atoms with van der Waals surface area (Å²) in [4.78, 5) is 2.21. The molecule has 2 aromatic rings. The van der Waals surface area contributed by atoms with E-state index in [1.807, 2.05) is 19.1 Å². The molecule has 21 heavy (non-hydrogen) atoms. The highest BCUT2D eigenvalue weighted by Gasteiger charge is 2.25. The second-order valence-corrected chi connectivity index (χ2v) is 5.92. The van der Waals surface area contributed by atoms with Gasteiger partial charge in [0.1, 0.15) is 5.75 Å². The van der Waals surface area contributed by atoms with Crippen molar-refractivity contribution in [3.63, 3.8) is 0 Å². The zero-order valence-electron chi connectivity index (χ0n) is 12.5. The standard InChI is InChI=1S/C15H20N4OS/c1-3-11-21-15-17-16-14-18(9-10-19(14)15)12-5-7-13(8-6-12)20-4-2/h5-8H,3-4,9-11H2,1-2H3. The van der Waals surface area contributed by atoms with Crippen LogP contribution in [0.4, 0.5) is 11.6 Å². The minimum atomic E-state index is 0.690. The maximum Gasteiger partial charge on any atom is 0.232 e. The van der Waals surface area contributed by atoms with Crippen LogP contribution in [-0.4, -0.2) is 33.7 Å². The van der Waals surface area contributed by atoms with Crippen molar-refractivity contribution in [3.05, 3.63) is 24.3 Å². The summed E-state index contributed by atoms with van der Waals surface area (Å²) in [7, 11) is 0. The van der Waals surface area contributed by atoms with Crippen molar-refractivity contribution in [2.45, 2.75) is 32.0 Å². The molecule has 0 amide bonds. The maximum absolute atomic E-state index is 5.49. The lowest BCUT2D eigenvalue weighted by Crippen LogP contribution is -2.14. The molecule has 0 spiro atoms. The van der Waals surface area contributed by atoms with E-state index in [4.69, 9.17) is 4.74 Å². The zero-order valence-corrected chi connectivity index (χ0v) is 13.3. The molecule has 0 fully saturated rings. The summed E-state index contributed by atoms with van der Waals surface area (Å²) in [5, 5.41) is 9.69. The van der Waals surface area contributed by atoms with Gasteiger partial charge in [0.2, 0.25) is 5.95 Å². The second-order valence-electron chi connectivity index (χ2n) is 4.86. The number of rotatable bonds is 6. The first-order valence-corrected chi connectivity index (χ1v) is 8.38. The molecule has 0 atom stereocenters. The molecule has 0 saturated carbocycles. The highest BCUT2D eigenvalue weighted by molar-refractivity contribution is 7.99. The SMILES string of the molecule is CCCSc1nnc2n1CCN2c1ccc(OCC)cc1. The van der Waals surface area contributed by atoms with E-state index in [1.165, 1.54) is 0 Å². The molecular weight excluding hydrogens is 284 g/mol. The molecule has 3 rings (SSSR count). The van der Waals surface area contributed by atoms with Crippen molar-refractivity contribution in [1.29, 1.82) is 0 Å². The molecule has 0 radical (unpaired) electrons. The average molecular weight is 304 g/mol. The van der Waals surface area contributed by atoms with Crippen molar-refractivity contribution >= 4 is 23.4 Å². The molecular formula is C15H20N4OS. The van der Waals surface area contributed by atoms with Gasteiger partial charge in [-0.05, 0) is 37.6 Å². The number of hydrogen-bond donors (Lipinski definition) is 0. The summed E-state index contributed by atoms with van der Waals surface area (Å²) < 4.78 is 7.69. The Kier molecular flexibility index (Phi) is 4.34. The van der Waals surface area contributed by atoms with E-state index in [9.17, 15) is 0 Å². The smallest absolute Gasteiger partial charge is 0.232 e. The Balaban J connectivity index is 1.79. The Bertz CT molecular complexity index is 596. The second kappa shape index (κ2) is 6.39. The van der Waals surface area contributed by atoms with Gasteiger partial charge in [0.05, 0.1) is 6.61 Å². The summed E-state index contributed by atoms with van der Waals surface area (Å²) in [6, 6.07) is 8.16. The number of hydrogen-bond acceptors (Lipinski definition) is 5. The third-order valence-corrected chi connectivity index (χ3v) is 4.55. The van der Waals surface area contributed by atoms with Gasteiger partial charge in [-0.15, -0.1) is 10.2 Å². The van der Waals surface area contributed by atoms with Gasteiger partial charge in [0, 0.05) is 24.5 Å². The fourth-order valence-corrected chi connectivity index (χ4v) is 3.22. The first-order chi connectivity index (χ1) is 10.3. The Morgan fingerprint density at radius 1 is 1.14 bits per heavy atom. The van der Waals surface area contributed by atoms with Crippen molar-refractivity contribution in [2.75, 3.05) is 23.8 Å². The molecule has 5 nitrogen and oxygen atoms in total. The van der Waals surface area contributed by atoms with Gasteiger partial charge < -0.3 is 9.64 Å². The number of nitrogens with zero attached hydrogens (tertiary/aromatic N) is 4. The Morgan fingerprint density at radius 3 is 2.67 bits per heavy atom. The van der Waals surface area contributed by atoms with Crippen LogP contribution in [0.2, 0.25) is 0 Å². The van der Waals surface area contributed by atoms with E-state index < -0.39 is 0 Å². The Hall–Kier alpha value is -1.69. The van der Waals surface area contributed by atoms with Gasteiger partial charge in [0.15, 0.2) is 5.16 Å². The largest absolute Gasteiger partial charge is 0.494 e. The highest BCUT2D eigenvalue weighted by atomic mass is 32.2. The monoisotopic (exact) mass is 304 g/mol. The van der Waals surface area contributed by atoms with Crippen LogP contribution in [0.5, 0.6) is 5.75 Å². The van der Waals surface area contributed by atoms with Crippen LogP contribution in [0, 0.1) is 0 Å². The Labute approximate surface area is 129 Å². The predicted octanol–water partition coefficient (Wildman–Crippen LogP) is 3.33. The zero-order chi connectivity index (χ0) is 14.7. The van der Waals surface area contributed by atoms with Crippen LogP contribution in [-0.2, 0) is 6.54 Å². The lowest BCUT2D eigenvalue weighted by molar-refractivity contribution is 0.340. The number of fused-ring (bicyclic) bond motifs is 1. The first kappa shape index (κ1) is 14.3. The maximum atomic E-state index is 5.49. The van der Waals surface area contributed by atoms with E-state index in [2.05, 4.69) is 38.7 Å². The van der Waals surface area contributed by atoms with Crippen LogP contribution in [0.15, 0.2) is 29.4 Å². The van der Waals surface area contributed by atoms with Gasteiger partial charge >= 0.3 is 0 Å². The molecule has 0 unspecified atom stereocenters. The molecule has 112 valence electrons. The molecule has 2 heterocycles. The summed E-state index contributed by atoms with van der Waals surface area (Å²) in [5.74, 6) is 2.93. The van der Waals surface area contributed by atoms with Crippen LogP contribution in [0.3, 0.4) is 0 Å². The van der Waals surface area contributed by atoms with E-state index in [1.54, 1.807) is 11.8 Å². The third kappa shape index (κ3) is 2.85. The summed E-state index contributed by atoms with van der Waals surface area (Å²) in [5.41, 5.74) is 1.14. The lowest BCUT2D eigenvalue weighted by atomic mass is 10.3. The molecule has 0 N–H and O–H groups in total. The molecule has 0 aliphatic carbocycles. The molecule has 1 aliphatic heterocycles. The van der Waals surface area contributed by atoms with E-state index >= 15 is 0 Å². The van der Waals surface area contributed by atoms with Gasteiger partial charge in [-0.3, -0.25) is 4.57 Å². The van der Waals surface area contributed by atoms with Crippen LogP contribution < -0.4 is 9.64 Å². The summed E-state index contributed by atoms with van der Waals surface area (Å²) in [6.45, 7) is 6.75. The quantitative estimate of drug-likeness (QED) is 0.766. The fraction of sp³-hybridized carbons (Fsp3) is 0.467. The predicted molar refractivity (Wildman–Crippen MR) is 85.7 cm³/mol. The van der Waals surface area contributed by atoms with E-state index in [0.717, 1.165) is 47.8 Å². The number of ether oxygens (including phenoxy) is 1. The number of benzene rings is 1. The highest BCUT2D eigenvalue weighted by Crippen LogP contribution is 2.32. The van der Waals surface area contributed by atoms with Gasteiger partial charge in [-0.2, -0.15) is 0 Å². The number of thioether (sulfide) groups is 1. The molecule has 1 aliphatic rings. The van der Waals surface area contributed by atoms with Crippen molar-refractivity contribution in [1.82, 2.24) is 14.8 Å². The first-order valence-electron chi connectivity index (χ1n) is 7.40. The summed E-state index contributed by atoms with van der Waals surface area (Å²) in [6.07, 6.45) is 1.15. The number of anilines is 2.